The molecule has 0 heterocycles. The van der Waals surface area contributed by atoms with E-state index in [1.807, 2.05) is 0 Å². The van der Waals surface area contributed by atoms with E-state index in [1.165, 1.54) is 12.1 Å². The predicted octanol–water partition coefficient (Wildman–Crippen LogP) is 0.986. The summed E-state index contributed by atoms with van der Waals surface area (Å²) in [5.41, 5.74) is 6.06. The van der Waals surface area contributed by atoms with Gasteiger partial charge in [-0.25, -0.2) is 13.1 Å². The van der Waals surface area contributed by atoms with Crippen molar-refractivity contribution in [2.45, 2.75) is 11.0 Å². The van der Waals surface area contributed by atoms with Crippen LogP contribution >= 0.6 is 0 Å². The molecule has 6 nitrogen and oxygen atoms in total. The molecule has 112 valence electrons. The van der Waals surface area contributed by atoms with E-state index in [1.54, 1.807) is 30.3 Å². The van der Waals surface area contributed by atoms with Crippen LogP contribution in [0.15, 0.2) is 53.4 Å². The van der Waals surface area contributed by atoms with Crippen molar-refractivity contribution in [3.05, 3.63) is 54.1 Å². The van der Waals surface area contributed by atoms with E-state index in [4.69, 9.17) is 5.73 Å². The Bertz CT molecular complexity index is 717. The van der Waals surface area contributed by atoms with Gasteiger partial charge < -0.3 is 15.9 Å². The standard InChI is InChI=1S/C14H16N2O4S/c15-12-8-11(6-7-13(12)17)21(19,20)16-9-14(18)10-4-2-1-3-5-10/h1-8,14,16-18H,9,15H2. The highest BCUT2D eigenvalue weighted by Crippen LogP contribution is 2.23. The zero-order chi connectivity index (χ0) is 15.5. The Hall–Kier alpha value is -2.09. The van der Waals surface area contributed by atoms with Crippen LogP contribution in [0.2, 0.25) is 0 Å². The van der Waals surface area contributed by atoms with Crippen LogP contribution in [0.4, 0.5) is 5.69 Å². The van der Waals surface area contributed by atoms with E-state index in [9.17, 15) is 18.6 Å². The number of hydrogen-bond acceptors (Lipinski definition) is 5. The zero-order valence-electron chi connectivity index (χ0n) is 11.1. The minimum Gasteiger partial charge on any atom is -0.506 e. The predicted molar refractivity (Wildman–Crippen MR) is 79.1 cm³/mol. The summed E-state index contributed by atoms with van der Waals surface area (Å²) in [6.07, 6.45) is -0.949. The van der Waals surface area contributed by atoms with E-state index in [0.29, 0.717) is 5.56 Å². The third-order valence-electron chi connectivity index (χ3n) is 2.96. The van der Waals surface area contributed by atoms with Crippen LogP contribution in [0.5, 0.6) is 5.75 Å². The highest BCUT2D eigenvalue weighted by Gasteiger charge is 2.17. The fourth-order valence-corrected chi connectivity index (χ4v) is 2.84. The second-order valence-corrected chi connectivity index (χ2v) is 6.27. The summed E-state index contributed by atoms with van der Waals surface area (Å²) in [6, 6.07) is 12.3. The van der Waals surface area contributed by atoms with E-state index >= 15 is 0 Å². The van der Waals surface area contributed by atoms with Crippen molar-refractivity contribution in [1.82, 2.24) is 4.72 Å². The average Bonchev–Trinajstić information content (AvgIpc) is 2.48. The molecule has 0 fully saturated rings. The van der Waals surface area contributed by atoms with E-state index < -0.39 is 16.1 Å². The lowest BCUT2D eigenvalue weighted by molar-refractivity contribution is 0.182. The Labute approximate surface area is 122 Å². The molecule has 1 unspecified atom stereocenters. The van der Waals surface area contributed by atoms with Crippen LogP contribution in [-0.4, -0.2) is 25.2 Å². The summed E-state index contributed by atoms with van der Waals surface area (Å²) >= 11 is 0. The second-order valence-electron chi connectivity index (χ2n) is 4.50. The van der Waals surface area contributed by atoms with Crippen LogP contribution < -0.4 is 10.5 Å². The van der Waals surface area contributed by atoms with Crippen molar-refractivity contribution in [3.8, 4) is 5.75 Å². The number of benzene rings is 2. The van der Waals surface area contributed by atoms with Crippen molar-refractivity contribution in [1.29, 1.82) is 0 Å². The molecule has 0 aromatic heterocycles. The maximum atomic E-state index is 12.1. The van der Waals surface area contributed by atoms with E-state index in [2.05, 4.69) is 4.72 Å². The Morgan fingerprint density at radius 2 is 1.81 bits per heavy atom. The summed E-state index contributed by atoms with van der Waals surface area (Å²) in [4.78, 5) is -0.0712. The van der Waals surface area contributed by atoms with Crippen LogP contribution in [0.25, 0.3) is 0 Å². The highest BCUT2D eigenvalue weighted by molar-refractivity contribution is 7.89. The number of phenolic OH excluding ortho intramolecular Hbond substituents is 1. The molecule has 0 aliphatic heterocycles. The summed E-state index contributed by atoms with van der Waals surface area (Å²) in [5, 5.41) is 19.2. The van der Waals surface area contributed by atoms with E-state index in [-0.39, 0.29) is 22.9 Å². The van der Waals surface area contributed by atoms with Gasteiger partial charge in [0.25, 0.3) is 0 Å². The van der Waals surface area contributed by atoms with Gasteiger partial charge in [-0.1, -0.05) is 30.3 Å². The Morgan fingerprint density at radius 1 is 1.14 bits per heavy atom. The monoisotopic (exact) mass is 308 g/mol. The fraction of sp³-hybridized carbons (Fsp3) is 0.143. The first-order chi connectivity index (χ1) is 9.90. The van der Waals surface area contributed by atoms with Gasteiger partial charge in [0, 0.05) is 6.54 Å². The summed E-state index contributed by atoms with van der Waals surface area (Å²) in [5.74, 6) is -0.182. The molecule has 5 N–H and O–H groups in total. The van der Waals surface area contributed by atoms with Gasteiger partial charge in [0.1, 0.15) is 5.75 Å². The summed E-state index contributed by atoms with van der Waals surface area (Å²) in [6.45, 7) is -0.160. The molecule has 1 atom stereocenters. The number of nitrogens with two attached hydrogens (primary N) is 1. The number of aromatic hydroxyl groups is 1. The van der Waals surface area contributed by atoms with Crippen molar-refractivity contribution in [2.24, 2.45) is 0 Å². The molecule has 21 heavy (non-hydrogen) atoms. The normalized spacial score (nSPS) is 13.0. The molecule has 0 saturated heterocycles. The third kappa shape index (κ3) is 3.72. The van der Waals surface area contributed by atoms with Gasteiger partial charge in [0.05, 0.1) is 16.7 Å². The molecule has 0 aliphatic rings. The van der Waals surface area contributed by atoms with Gasteiger partial charge in [-0.05, 0) is 23.8 Å². The first-order valence-electron chi connectivity index (χ1n) is 6.21. The summed E-state index contributed by atoms with van der Waals surface area (Å²) in [7, 11) is -3.80. The Kier molecular flexibility index (Phi) is 4.46. The van der Waals surface area contributed by atoms with Crippen LogP contribution in [0.1, 0.15) is 11.7 Å². The molecular weight excluding hydrogens is 292 g/mol. The maximum Gasteiger partial charge on any atom is 0.240 e. The number of anilines is 1. The number of nitrogens with one attached hydrogen (secondary N) is 1. The van der Waals surface area contributed by atoms with Crippen LogP contribution in [0, 0.1) is 0 Å². The number of aliphatic hydroxyl groups is 1. The van der Waals surface area contributed by atoms with Gasteiger partial charge in [-0.15, -0.1) is 0 Å². The molecule has 0 spiro atoms. The molecule has 7 heteroatoms. The van der Waals surface area contributed by atoms with E-state index in [0.717, 1.165) is 6.07 Å². The second kappa shape index (κ2) is 6.13. The molecule has 0 bridgehead atoms. The topological polar surface area (TPSA) is 113 Å². The largest absolute Gasteiger partial charge is 0.506 e. The van der Waals surface area contributed by atoms with Gasteiger partial charge >= 0.3 is 0 Å². The smallest absolute Gasteiger partial charge is 0.240 e. The highest BCUT2D eigenvalue weighted by atomic mass is 32.2. The molecule has 0 radical (unpaired) electrons. The zero-order valence-corrected chi connectivity index (χ0v) is 11.9. The quantitative estimate of drug-likeness (QED) is 0.486. The van der Waals surface area contributed by atoms with Crippen molar-refractivity contribution >= 4 is 15.7 Å². The van der Waals surface area contributed by atoms with Crippen LogP contribution in [0.3, 0.4) is 0 Å². The van der Waals surface area contributed by atoms with Gasteiger partial charge in [-0.2, -0.15) is 0 Å². The minimum atomic E-state index is -3.80. The number of aliphatic hydroxyl groups excluding tert-OH is 1. The summed E-state index contributed by atoms with van der Waals surface area (Å²) < 4.78 is 26.4. The number of phenols is 1. The Morgan fingerprint density at radius 3 is 2.43 bits per heavy atom. The molecule has 0 saturated carbocycles. The molecule has 2 aromatic rings. The van der Waals surface area contributed by atoms with Crippen LogP contribution in [-0.2, 0) is 10.0 Å². The lowest BCUT2D eigenvalue weighted by Crippen LogP contribution is -2.28. The molecule has 0 aliphatic carbocycles. The van der Waals surface area contributed by atoms with Gasteiger partial charge in [0.2, 0.25) is 10.0 Å². The Balaban J connectivity index is 2.09. The van der Waals surface area contributed by atoms with Gasteiger partial charge in [0.15, 0.2) is 0 Å². The fourth-order valence-electron chi connectivity index (χ4n) is 1.76. The lowest BCUT2D eigenvalue weighted by Gasteiger charge is -2.13. The SMILES string of the molecule is Nc1cc(S(=O)(=O)NCC(O)c2ccccc2)ccc1O. The first kappa shape index (κ1) is 15.3. The van der Waals surface area contributed by atoms with Crippen molar-refractivity contribution in [3.63, 3.8) is 0 Å². The molecule has 2 aromatic carbocycles. The van der Waals surface area contributed by atoms with Crippen molar-refractivity contribution in [2.75, 3.05) is 12.3 Å². The lowest BCUT2D eigenvalue weighted by atomic mass is 10.1. The molecular formula is C14H16N2O4S. The molecule has 0 amide bonds. The number of rotatable bonds is 5. The maximum absolute atomic E-state index is 12.1. The number of hydrogen-bond donors (Lipinski definition) is 4. The minimum absolute atomic E-state index is 0.0264. The van der Waals surface area contributed by atoms with Gasteiger partial charge in [-0.3, -0.25) is 0 Å². The average molecular weight is 308 g/mol. The van der Waals surface area contributed by atoms with Crippen molar-refractivity contribution < 1.29 is 18.6 Å². The first-order valence-corrected chi connectivity index (χ1v) is 7.69. The molecule has 2 rings (SSSR count). The third-order valence-corrected chi connectivity index (χ3v) is 4.38. The number of sulfonamides is 1. The number of nitrogen functional groups attached to an aromatic ring is 1.